The first kappa shape index (κ1) is 75.9. The van der Waals surface area contributed by atoms with Gasteiger partial charge in [-0.05, 0) is 148 Å². The van der Waals surface area contributed by atoms with Crippen molar-refractivity contribution in [3.63, 3.8) is 0 Å². The fraction of sp³-hybridized carbons (Fsp3) is 0.378. The van der Waals surface area contributed by atoms with Crippen LogP contribution in [0.2, 0.25) is 20.1 Å². The number of nitrogens with zero attached hydrogens (tertiary/aromatic N) is 16. The molecule has 0 spiro atoms. The number of aromatic nitrogens is 12. The lowest BCUT2D eigenvalue weighted by molar-refractivity contribution is -0.191. The molecule has 0 unspecified atom stereocenters. The number of aliphatic carboxylic acids is 2. The number of halogens is 4. The first-order valence-corrected chi connectivity index (χ1v) is 36.4. The maximum absolute atomic E-state index is 12.8. The molecule has 0 bridgehead atoms. The molecule has 8 heterocycles. The zero-order valence-electron chi connectivity index (χ0n) is 58.8. The molecule has 0 aliphatic carbocycles. The second-order valence-electron chi connectivity index (χ2n) is 25.9. The fourth-order valence-electron chi connectivity index (χ4n) is 12.7. The number of hydrogen-bond acceptors (Lipinski definition) is 20. The number of hydrogen-bond donors (Lipinski definition) is 2. The zero-order chi connectivity index (χ0) is 74.5. The molecule has 14 rings (SSSR count). The number of carboxylic acid groups (broad SMARTS) is 2. The zero-order valence-corrected chi connectivity index (χ0v) is 61.9. The summed E-state index contributed by atoms with van der Waals surface area (Å²) < 4.78 is 47.3. The second-order valence-corrected chi connectivity index (χ2v) is 27.6. The Morgan fingerprint density at radius 3 is 1.11 bits per heavy atom. The van der Waals surface area contributed by atoms with Gasteiger partial charge in [0.15, 0.2) is 0 Å². The molecule has 2 N–H and O–H groups in total. The van der Waals surface area contributed by atoms with Gasteiger partial charge in [0, 0.05) is 96.3 Å². The van der Waals surface area contributed by atoms with E-state index in [0.29, 0.717) is 57.6 Å². The van der Waals surface area contributed by atoms with Gasteiger partial charge in [0.05, 0.1) is 59.6 Å². The molecular weight excluding hydrogens is 1450 g/mol. The highest BCUT2D eigenvalue weighted by Crippen LogP contribution is 2.43. The van der Waals surface area contributed by atoms with Gasteiger partial charge >= 0.3 is 23.3 Å². The summed E-state index contributed by atoms with van der Waals surface area (Å²) in [5.41, 5.74) is 7.28. The Bertz CT molecular complexity index is 4360. The van der Waals surface area contributed by atoms with E-state index in [9.17, 15) is 19.2 Å². The Morgan fingerprint density at radius 1 is 0.481 bits per heavy atom. The summed E-state index contributed by atoms with van der Waals surface area (Å²) in [4.78, 5) is 62.5. The van der Waals surface area contributed by atoms with E-state index in [1.165, 1.54) is 22.0 Å². The van der Waals surface area contributed by atoms with Crippen LogP contribution in [0.25, 0.3) is 11.4 Å². The Hall–Kier alpha value is -9.78. The molecule has 4 aliphatic rings. The normalized spacial score (nSPS) is 19.2. The van der Waals surface area contributed by atoms with E-state index < -0.39 is 23.5 Å². The first-order chi connectivity index (χ1) is 51.3. The summed E-state index contributed by atoms with van der Waals surface area (Å²) in [6.45, 7) is 17.0. The van der Waals surface area contributed by atoms with Crippen molar-refractivity contribution in [2.75, 3.05) is 98.4 Å². The van der Waals surface area contributed by atoms with Crippen molar-refractivity contribution in [2.45, 2.75) is 102 Å². The van der Waals surface area contributed by atoms with Gasteiger partial charge in [-0.25, -0.2) is 47.4 Å². The maximum Gasteiger partial charge on any atom is 0.350 e. The molecule has 558 valence electrons. The minimum Gasteiger partial charge on any atom is -0.491 e. The molecule has 0 saturated carbocycles. The molecule has 32 heteroatoms. The van der Waals surface area contributed by atoms with Crippen molar-refractivity contribution < 1.29 is 48.2 Å². The molecular formula is C74H82Cl4N16O12. The van der Waals surface area contributed by atoms with E-state index in [1.807, 2.05) is 88.4 Å². The van der Waals surface area contributed by atoms with E-state index >= 15 is 0 Å². The van der Waals surface area contributed by atoms with Crippen LogP contribution in [0.3, 0.4) is 0 Å². The van der Waals surface area contributed by atoms with Crippen LogP contribution in [0.15, 0.2) is 181 Å². The average Bonchev–Trinajstić information content (AvgIpc) is 1.56. The summed E-state index contributed by atoms with van der Waals surface area (Å²) in [5, 5.41) is 34.8. The number of ether oxygens (including phenoxy) is 6. The maximum atomic E-state index is 12.8. The molecule has 4 aliphatic heterocycles. The SMILES string of the molecule is CC[C@@H](C)n1ncn(-c2ccc(N3CCN(c4ccc(OC[C@H]5CO[C@](Cn6cncn6)(c6ccc(Cl)cc6Cl)O5)cc4)CC3)cc2)c1=O.CC[C@H](C)n1ncn(-c2ccc(N3CCN(c4ccc(OC[C@@H]5CO[C@@](Cn6cncn6)(c6ccc(Cl)cc6Cl)O5)cc4)CC3)cc2)c1=O.O=C(O)CCC(=O)O. The van der Waals surface area contributed by atoms with Crippen molar-refractivity contribution >= 4 is 81.1 Å². The van der Waals surface area contributed by atoms with Crippen LogP contribution in [-0.2, 0) is 53.2 Å². The second kappa shape index (κ2) is 34.6. The monoisotopic (exact) mass is 1530 g/mol. The van der Waals surface area contributed by atoms with Gasteiger partial charge < -0.3 is 58.2 Å². The minimum absolute atomic E-state index is 0.0645. The molecule has 6 atom stereocenters. The molecule has 10 aromatic rings. The van der Waals surface area contributed by atoms with Gasteiger partial charge in [0.1, 0.15) is 88.0 Å². The van der Waals surface area contributed by atoms with E-state index in [-0.39, 0.29) is 61.6 Å². The summed E-state index contributed by atoms with van der Waals surface area (Å²) in [7, 11) is 0. The third kappa shape index (κ3) is 18.4. The molecule has 106 heavy (non-hydrogen) atoms. The Labute approximate surface area is 631 Å². The number of carbonyl (C=O) groups is 2. The molecule has 4 saturated heterocycles. The van der Waals surface area contributed by atoms with Crippen molar-refractivity contribution in [2.24, 2.45) is 0 Å². The van der Waals surface area contributed by atoms with Crippen LogP contribution in [0.1, 0.15) is 76.6 Å². The molecule has 0 radical (unpaired) electrons. The van der Waals surface area contributed by atoms with Gasteiger partial charge in [-0.2, -0.15) is 20.4 Å². The van der Waals surface area contributed by atoms with Gasteiger partial charge in [-0.1, -0.05) is 72.4 Å². The Morgan fingerprint density at radius 2 is 0.811 bits per heavy atom. The quantitative estimate of drug-likeness (QED) is 0.0537. The van der Waals surface area contributed by atoms with E-state index in [0.717, 1.165) is 111 Å². The summed E-state index contributed by atoms with van der Waals surface area (Å²) in [6, 6.07) is 43.2. The number of anilines is 4. The van der Waals surface area contributed by atoms with Crippen molar-refractivity contribution in [1.82, 2.24) is 58.2 Å². The van der Waals surface area contributed by atoms with Gasteiger partial charge in [0.2, 0.25) is 11.6 Å². The van der Waals surface area contributed by atoms with Gasteiger partial charge in [0.25, 0.3) is 0 Å². The lowest BCUT2D eigenvalue weighted by atomic mass is 10.1. The highest BCUT2D eigenvalue weighted by atomic mass is 35.5. The summed E-state index contributed by atoms with van der Waals surface area (Å²) >= 11 is 25.5. The Balaban J connectivity index is 0.000000180. The van der Waals surface area contributed by atoms with E-state index in [1.54, 1.807) is 68.1 Å². The largest absolute Gasteiger partial charge is 0.491 e. The third-order valence-electron chi connectivity index (χ3n) is 18.9. The van der Waals surface area contributed by atoms with Gasteiger partial charge in [-0.3, -0.25) is 9.59 Å². The van der Waals surface area contributed by atoms with Crippen LogP contribution >= 0.6 is 46.4 Å². The van der Waals surface area contributed by atoms with Crippen LogP contribution in [0, 0.1) is 0 Å². The van der Waals surface area contributed by atoms with Crippen molar-refractivity contribution in [3.8, 4) is 22.9 Å². The summed E-state index contributed by atoms with van der Waals surface area (Å²) in [5.74, 6) is -2.97. The predicted octanol–water partition coefficient (Wildman–Crippen LogP) is 11.1. The molecule has 28 nitrogen and oxygen atoms in total. The van der Waals surface area contributed by atoms with Crippen molar-refractivity contribution in [3.05, 3.63) is 224 Å². The molecule has 4 aromatic heterocycles. The first-order valence-electron chi connectivity index (χ1n) is 34.9. The molecule has 4 fully saturated rings. The lowest BCUT2D eigenvalue weighted by Crippen LogP contribution is -2.46. The van der Waals surface area contributed by atoms with Crippen LogP contribution in [0.4, 0.5) is 22.7 Å². The number of carboxylic acids is 2. The van der Waals surface area contributed by atoms with Gasteiger partial charge in [-0.15, -0.1) is 0 Å². The van der Waals surface area contributed by atoms with E-state index in [2.05, 4.69) is 98.5 Å². The van der Waals surface area contributed by atoms with Crippen LogP contribution in [-0.4, -0.2) is 171 Å². The van der Waals surface area contributed by atoms with E-state index in [4.69, 9.17) is 85.0 Å². The number of piperazine rings is 2. The number of rotatable bonds is 25. The third-order valence-corrected chi connectivity index (χ3v) is 19.9. The number of benzene rings is 6. The van der Waals surface area contributed by atoms with Crippen LogP contribution < -0.4 is 40.5 Å². The fourth-order valence-corrected chi connectivity index (χ4v) is 13.8. The van der Waals surface area contributed by atoms with Crippen LogP contribution in [0.5, 0.6) is 11.5 Å². The Kier molecular flexibility index (Phi) is 24.8. The topological polar surface area (TPSA) is 284 Å². The van der Waals surface area contributed by atoms with Crippen molar-refractivity contribution in [1.29, 1.82) is 0 Å². The highest BCUT2D eigenvalue weighted by Gasteiger charge is 2.47. The summed E-state index contributed by atoms with van der Waals surface area (Å²) in [6.07, 6.45) is 9.78. The minimum atomic E-state index is -1.16. The lowest BCUT2D eigenvalue weighted by Gasteiger charge is -2.37. The predicted molar refractivity (Wildman–Crippen MR) is 401 cm³/mol. The smallest absolute Gasteiger partial charge is 0.350 e. The molecule has 0 amide bonds. The molecule has 6 aromatic carbocycles. The standard InChI is InChI=1S/2C35H38Cl2N8O4.C4H6O4/c2*1-3-25(2)45-34(46)44(24-40-45)29-7-5-27(6-8-29)41-14-16-42(17-15-41)28-9-11-30(12-10-28)47-19-31-20-48-35(49-31,21-43-23-38-22-39-43)32-13-4-26(36)18-33(32)37;5-3(6)1-2-4(7)8/h2*4-13,18,22-25,31H,3,14-17,19-21H2,1-2H3;1-2H2,(H,5,6)(H,7,8)/t2*25-,31+,35+;/m10./s1. The average molecular weight is 1530 g/mol. The highest BCUT2D eigenvalue weighted by molar-refractivity contribution is 6.35.